The van der Waals surface area contributed by atoms with Crippen LogP contribution in [0.3, 0.4) is 0 Å². The van der Waals surface area contributed by atoms with Crippen LogP contribution in [0.25, 0.3) is 0 Å². The van der Waals surface area contributed by atoms with Crippen molar-refractivity contribution in [1.82, 2.24) is 4.98 Å². The largest absolute Gasteiger partial charge is 0.462 e. The van der Waals surface area contributed by atoms with E-state index in [0.717, 1.165) is 31.2 Å². The number of hydrogen-bond acceptors (Lipinski definition) is 4. The first-order chi connectivity index (χ1) is 20.1. The number of carbonyl (C=O) groups excluding carboxylic acids is 1. The standard InChI is InChI=1S/C19H31NO2.C17H29NO/c1-2-3-4-5-6-7-8-9-10-13-16-22-19(21)17-14-11-12-15-18(17)20;1-2-3-4-5-6-7-8-9-10-11-13-16-14-12-15-18-17(16)19/h11-12,14-15H,2-10,13,16,20H2,1H3;12,14-15H,2-11,13H2,1H3,(H,18,19). The molecule has 3 N–H and O–H groups in total. The topological polar surface area (TPSA) is 85.2 Å². The Hall–Kier alpha value is -2.56. The predicted molar refractivity (Wildman–Crippen MR) is 176 cm³/mol. The number of nitrogen functional groups attached to an aromatic ring is 1. The third-order valence-electron chi connectivity index (χ3n) is 7.61. The Labute approximate surface area is 251 Å². The van der Waals surface area contributed by atoms with E-state index in [1.165, 1.54) is 109 Å². The van der Waals surface area contributed by atoms with Gasteiger partial charge in [-0.05, 0) is 37.5 Å². The van der Waals surface area contributed by atoms with Crippen molar-refractivity contribution >= 4 is 11.7 Å². The molecule has 0 saturated heterocycles. The Kier molecular flexibility index (Phi) is 23.4. The first-order valence-electron chi connectivity index (χ1n) is 16.8. The van der Waals surface area contributed by atoms with Gasteiger partial charge >= 0.3 is 5.97 Å². The van der Waals surface area contributed by atoms with Crippen molar-refractivity contribution in [2.75, 3.05) is 12.3 Å². The Bertz CT molecular complexity index is 940. The van der Waals surface area contributed by atoms with Crippen LogP contribution >= 0.6 is 0 Å². The highest BCUT2D eigenvalue weighted by Gasteiger charge is 2.09. The number of para-hydroxylation sites is 1. The molecule has 2 aromatic rings. The van der Waals surface area contributed by atoms with E-state index < -0.39 is 0 Å². The van der Waals surface area contributed by atoms with Crippen molar-refractivity contribution in [2.45, 2.75) is 149 Å². The maximum Gasteiger partial charge on any atom is 0.340 e. The van der Waals surface area contributed by atoms with Gasteiger partial charge in [0.25, 0.3) is 5.56 Å². The van der Waals surface area contributed by atoms with Gasteiger partial charge in [-0.1, -0.05) is 148 Å². The summed E-state index contributed by atoms with van der Waals surface area (Å²) in [5.74, 6) is -0.311. The SMILES string of the molecule is CCCCCCCCCCCCOC(=O)c1ccccc1N.CCCCCCCCCCCCc1ccc[nH]c1=O. The van der Waals surface area contributed by atoms with Crippen LogP contribution in [-0.4, -0.2) is 17.6 Å². The minimum atomic E-state index is -0.311. The number of carbonyl (C=O) groups is 1. The Morgan fingerprint density at radius 3 is 1.66 bits per heavy atom. The minimum Gasteiger partial charge on any atom is -0.462 e. The molecule has 5 nitrogen and oxygen atoms in total. The number of nitrogens with two attached hydrogens (primary N) is 1. The van der Waals surface area contributed by atoms with Crippen LogP contribution < -0.4 is 11.3 Å². The number of esters is 1. The molecular formula is C36H60N2O3. The van der Waals surface area contributed by atoms with Gasteiger partial charge in [0.1, 0.15) is 0 Å². The highest BCUT2D eigenvalue weighted by Crippen LogP contribution is 2.14. The highest BCUT2D eigenvalue weighted by atomic mass is 16.5. The maximum absolute atomic E-state index is 11.8. The van der Waals surface area contributed by atoms with Crippen molar-refractivity contribution in [3.63, 3.8) is 0 Å². The lowest BCUT2D eigenvalue weighted by atomic mass is 10.0. The lowest BCUT2D eigenvalue weighted by Gasteiger charge is -2.06. The van der Waals surface area contributed by atoms with Gasteiger partial charge in [-0.3, -0.25) is 4.79 Å². The van der Waals surface area contributed by atoms with Gasteiger partial charge in [0.15, 0.2) is 0 Å². The molecule has 1 heterocycles. The summed E-state index contributed by atoms with van der Waals surface area (Å²) in [6.07, 6.45) is 28.8. The monoisotopic (exact) mass is 568 g/mol. The van der Waals surface area contributed by atoms with Crippen LogP contribution in [0.2, 0.25) is 0 Å². The average Bonchev–Trinajstić information content (AvgIpc) is 2.98. The van der Waals surface area contributed by atoms with E-state index >= 15 is 0 Å². The van der Waals surface area contributed by atoms with Gasteiger partial charge in [0.2, 0.25) is 0 Å². The zero-order valence-corrected chi connectivity index (χ0v) is 26.4. The van der Waals surface area contributed by atoms with Crippen LogP contribution in [0.1, 0.15) is 158 Å². The molecule has 232 valence electrons. The molecule has 5 heteroatoms. The number of pyridine rings is 1. The Morgan fingerprint density at radius 1 is 0.659 bits per heavy atom. The second kappa shape index (κ2) is 26.3. The molecule has 0 aliphatic carbocycles. The summed E-state index contributed by atoms with van der Waals surface area (Å²) in [5, 5.41) is 0. The van der Waals surface area contributed by atoms with Crippen LogP contribution in [0, 0.1) is 0 Å². The molecule has 41 heavy (non-hydrogen) atoms. The molecule has 0 aliphatic rings. The van der Waals surface area contributed by atoms with E-state index in [4.69, 9.17) is 10.5 Å². The number of aromatic amines is 1. The van der Waals surface area contributed by atoms with Gasteiger partial charge in [-0.15, -0.1) is 0 Å². The maximum atomic E-state index is 11.8. The van der Waals surface area contributed by atoms with E-state index in [-0.39, 0.29) is 11.5 Å². The summed E-state index contributed by atoms with van der Waals surface area (Å²) in [4.78, 5) is 26.0. The van der Waals surface area contributed by atoms with Crippen molar-refractivity contribution in [3.8, 4) is 0 Å². The summed E-state index contributed by atoms with van der Waals surface area (Å²) in [7, 11) is 0. The van der Waals surface area contributed by atoms with Gasteiger partial charge in [-0.25, -0.2) is 4.79 Å². The van der Waals surface area contributed by atoms with E-state index in [2.05, 4.69) is 18.8 Å². The zero-order chi connectivity index (χ0) is 29.8. The number of unbranched alkanes of at least 4 members (excludes halogenated alkanes) is 18. The molecule has 0 spiro atoms. The summed E-state index contributed by atoms with van der Waals surface area (Å²) in [6, 6.07) is 10.9. The number of hydrogen-bond donors (Lipinski definition) is 2. The molecule has 0 radical (unpaired) electrons. The lowest BCUT2D eigenvalue weighted by Crippen LogP contribution is -2.10. The van der Waals surface area contributed by atoms with E-state index in [1.54, 1.807) is 24.4 Å². The molecule has 0 bridgehead atoms. The number of anilines is 1. The fraction of sp³-hybridized carbons (Fsp3) is 0.667. The molecule has 0 unspecified atom stereocenters. The summed E-state index contributed by atoms with van der Waals surface area (Å²) < 4.78 is 5.26. The van der Waals surface area contributed by atoms with Crippen molar-refractivity contribution in [2.24, 2.45) is 0 Å². The molecule has 2 rings (SSSR count). The number of benzene rings is 1. The average molecular weight is 569 g/mol. The number of rotatable bonds is 23. The first-order valence-corrected chi connectivity index (χ1v) is 16.8. The van der Waals surface area contributed by atoms with Crippen LogP contribution in [-0.2, 0) is 11.2 Å². The molecule has 1 aromatic carbocycles. The molecule has 1 aromatic heterocycles. The molecule has 0 atom stereocenters. The van der Waals surface area contributed by atoms with Crippen LogP contribution in [0.15, 0.2) is 47.4 Å². The first kappa shape index (κ1) is 36.5. The number of aryl methyl sites for hydroxylation is 1. The van der Waals surface area contributed by atoms with Crippen molar-refractivity contribution in [1.29, 1.82) is 0 Å². The number of nitrogens with one attached hydrogen (secondary N) is 1. The Morgan fingerprint density at radius 2 is 1.15 bits per heavy atom. The fourth-order valence-corrected chi connectivity index (χ4v) is 4.97. The third kappa shape index (κ3) is 20.0. The summed E-state index contributed by atoms with van der Waals surface area (Å²) in [6.45, 7) is 5.00. The van der Waals surface area contributed by atoms with Crippen molar-refractivity contribution in [3.05, 3.63) is 64.1 Å². The van der Waals surface area contributed by atoms with Gasteiger partial charge in [-0.2, -0.15) is 0 Å². The molecule has 0 fully saturated rings. The number of H-pyrrole nitrogens is 1. The highest BCUT2D eigenvalue weighted by molar-refractivity contribution is 5.94. The zero-order valence-electron chi connectivity index (χ0n) is 26.4. The molecule has 0 amide bonds. The predicted octanol–water partition coefficient (Wildman–Crippen LogP) is 10.2. The van der Waals surface area contributed by atoms with Crippen LogP contribution in [0.5, 0.6) is 0 Å². The van der Waals surface area contributed by atoms with Gasteiger partial charge < -0.3 is 15.5 Å². The lowest BCUT2D eigenvalue weighted by molar-refractivity contribution is 0.0499. The smallest absolute Gasteiger partial charge is 0.340 e. The van der Waals surface area contributed by atoms with E-state index in [1.807, 2.05) is 18.2 Å². The second-order valence-corrected chi connectivity index (χ2v) is 11.4. The summed E-state index contributed by atoms with van der Waals surface area (Å²) in [5.41, 5.74) is 7.71. The molecule has 0 saturated carbocycles. The minimum absolute atomic E-state index is 0.0819. The second-order valence-electron chi connectivity index (χ2n) is 11.4. The quantitative estimate of drug-likeness (QED) is 0.0793. The van der Waals surface area contributed by atoms with Gasteiger partial charge in [0, 0.05) is 17.4 Å². The summed E-state index contributed by atoms with van der Waals surface area (Å²) >= 11 is 0. The van der Waals surface area contributed by atoms with E-state index in [9.17, 15) is 9.59 Å². The number of aromatic nitrogens is 1. The van der Waals surface area contributed by atoms with E-state index in [0.29, 0.717) is 17.9 Å². The molecule has 0 aliphatic heterocycles. The third-order valence-corrected chi connectivity index (χ3v) is 7.61. The van der Waals surface area contributed by atoms with Gasteiger partial charge in [0.05, 0.1) is 12.2 Å². The molecular weight excluding hydrogens is 508 g/mol. The normalized spacial score (nSPS) is 10.7. The Balaban J connectivity index is 0.000000414. The fourth-order valence-electron chi connectivity index (χ4n) is 4.97. The number of ether oxygens (including phenoxy) is 1. The van der Waals surface area contributed by atoms with Crippen LogP contribution in [0.4, 0.5) is 5.69 Å². The van der Waals surface area contributed by atoms with Crippen molar-refractivity contribution < 1.29 is 9.53 Å².